The van der Waals surface area contributed by atoms with E-state index in [4.69, 9.17) is 21.1 Å². The molecule has 132 valence electrons. The normalized spacial score (nSPS) is 16.3. The lowest BCUT2D eigenvalue weighted by Gasteiger charge is -2.49. The summed E-state index contributed by atoms with van der Waals surface area (Å²) in [6, 6.07) is 7.56. The molecule has 0 unspecified atom stereocenters. The third-order valence-electron chi connectivity index (χ3n) is 3.79. The minimum Gasteiger partial charge on any atom is -0.449 e. The van der Waals surface area contributed by atoms with Crippen LogP contribution in [0.25, 0.3) is 0 Å². The summed E-state index contributed by atoms with van der Waals surface area (Å²) in [4.78, 5) is 25.7. The lowest BCUT2D eigenvalue weighted by molar-refractivity contribution is -0.145. The number of hydrogen-bond acceptors (Lipinski definition) is 4. The minimum atomic E-state index is -0.551. The van der Waals surface area contributed by atoms with Crippen LogP contribution < -0.4 is 0 Å². The Morgan fingerprint density at radius 1 is 1.25 bits per heavy atom. The number of esters is 1. The maximum atomic E-state index is 12.2. The Bertz CT molecular complexity index is 606. The molecule has 1 fully saturated rings. The Labute approximate surface area is 155 Å². The molecule has 1 aromatic rings. The zero-order valence-corrected chi connectivity index (χ0v) is 16.3. The Balaban J connectivity index is 2.14. The average molecular weight is 419 g/mol. The Kier molecular flexibility index (Phi) is 5.81. The maximum Gasteiger partial charge on any atom is 0.410 e. The number of halogens is 2. The molecular weight excluding hydrogens is 398 g/mol. The third-order valence-corrected chi connectivity index (χ3v) is 4.43. The molecule has 1 aromatic carbocycles. The highest BCUT2D eigenvalue weighted by molar-refractivity contribution is 9.10. The molecule has 24 heavy (non-hydrogen) atoms. The van der Waals surface area contributed by atoms with E-state index in [1.165, 1.54) is 0 Å². The van der Waals surface area contributed by atoms with Gasteiger partial charge in [-0.2, -0.15) is 0 Å². The number of nitrogens with zero attached hydrogens (tertiary/aromatic N) is 1. The third kappa shape index (κ3) is 4.63. The second-order valence-electron chi connectivity index (χ2n) is 6.93. The number of carbonyl (C=O) groups excluding carboxylic acids is 2. The highest BCUT2D eigenvalue weighted by atomic mass is 79.9. The number of ether oxygens (including phenoxy) is 2. The van der Waals surface area contributed by atoms with Gasteiger partial charge in [0.15, 0.2) is 6.07 Å². The van der Waals surface area contributed by atoms with Crippen LogP contribution in [0.3, 0.4) is 0 Å². The van der Waals surface area contributed by atoms with Gasteiger partial charge in [0.1, 0.15) is 5.60 Å². The van der Waals surface area contributed by atoms with Crippen LogP contribution in [0.2, 0.25) is 0 Å². The number of hydrogen-bond donors (Lipinski definition) is 0. The van der Waals surface area contributed by atoms with Crippen molar-refractivity contribution in [2.45, 2.75) is 38.2 Å². The zero-order chi connectivity index (χ0) is 18.0. The first-order chi connectivity index (χ1) is 11.1. The first-order valence-corrected chi connectivity index (χ1v) is 8.93. The van der Waals surface area contributed by atoms with E-state index in [0.29, 0.717) is 13.1 Å². The summed E-state index contributed by atoms with van der Waals surface area (Å²) in [7, 11) is 0. The van der Waals surface area contributed by atoms with E-state index >= 15 is 0 Å². The van der Waals surface area contributed by atoms with Gasteiger partial charge in [-0.15, -0.1) is 0 Å². The van der Waals surface area contributed by atoms with Crippen LogP contribution in [0.1, 0.15) is 32.8 Å². The van der Waals surface area contributed by atoms with Gasteiger partial charge >= 0.3 is 12.1 Å². The highest BCUT2D eigenvalue weighted by Gasteiger charge is 2.49. The Hall–Kier alpha value is -1.27. The van der Waals surface area contributed by atoms with E-state index in [0.717, 1.165) is 10.0 Å². The van der Waals surface area contributed by atoms with Gasteiger partial charge in [0.2, 0.25) is 0 Å². The van der Waals surface area contributed by atoms with E-state index in [2.05, 4.69) is 15.9 Å². The molecule has 0 aromatic heterocycles. The van der Waals surface area contributed by atoms with Crippen molar-refractivity contribution >= 4 is 39.6 Å². The van der Waals surface area contributed by atoms with Crippen LogP contribution in [-0.4, -0.2) is 41.7 Å². The molecule has 0 bridgehead atoms. The summed E-state index contributed by atoms with van der Waals surface area (Å²) in [5.74, 6) is -0.378. The van der Waals surface area contributed by atoms with Gasteiger partial charge in [-0.05, 0) is 38.5 Å². The summed E-state index contributed by atoms with van der Waals surface area (Å²) >= 11 is 8.87. The predicted octanol–water partition coefficient (Wildman–Crippen LogP) is 4.07. The molecule has 1 aliphatic rings. The van der Waals surface area contributed by atoms with Gasteiger partial charge in [-0.3, -0.25) is 4.79 Å². The molecule has 0 atom stereocenters. The SMILES string of the molecule is CC(C)(C)OC(=O)N1CC(CC(=O)OCCl)(c2ccc(Br)cc2)C1. The first kappa shape index (κ1) is 19.1. The van der Waals surface area contributed by atoms with Crippen LogP contribution in [0.4, 0.5) is 4.79 Å². The molecule has 0 aliphatic carbocycles. The van der Waals surface area contributed by atoms with Crippen molar-refractivity contribution in [3.05, 3.63) is 34.3 Å². The smallest absolute Gasteiger partial charge is 0.410 e. The lowest BCUT2D eigenvalue weighted by Crippen LogP contribution is -2.62. The van der Waals surface area contributed by atoms with Gasteiger partial charge in [-0.1, -0.05) is 39.7 Å². The fourth-order valence-corrected chi connectivity index (χ4v) is 3.11. The fraction of sp³-hybridized carbons (Fsp3) is 0.529. The molecule has 2 rings (SSSR count). The van der Waals surface area contributed by atoms with Crippen molar-refractivity contribution in [2.75, 3.05) is 19.2 Å². The number of rotatable bonds is 4. The van der Waals surface area contributed by atoms with Gasteiger partial charge < -0.3 is 14.4 Å². The number of amides is 1. The van der Waals surface area contributed by atoms with Crippen molar-refractivity contribution in [1.29, 1.82) is 0 Å². The van der Waals surface area contributed by atoms with Crippen molar-refractivity contribution in [2.24, 2.45) is 0 Å². The molecule has 7 heteroatoms. The van der Waals surface area contributed by atoms with Gasteiger partial charge in [0, 0.05) is 23.0 Å². The Morgan fingerprint density at radius 2 is 1.83 bits per heavy atom. The first-order valence-electron chi connectivity index (χ1n) is 7.61. The zero-order valence-electron chi connectivity index (χ0n) is 14.0. The largest absolute Gasteiger partial charge is 0.449 e. The van der Waals surface area contributed by atoms with Crippen molar-refractivity contribution in [1.82, 2.24) is 4.90 Å². The molecule has 1 aliphatic heterocycles. The summed E-state index contributed by atoms with van der Waals surface area (Å²) in [5, 5.41) is 0. The van der Waals surface area contributed by atoms with Gasteiger partial charge in [0.25, 0.3) is 0 Å². The lowest BCUT2D eigenvalue weighted by atomic mass is 9.71. The van der Waals surface area contributed by atoms with Crippen LogP contribution in [0, 0.1) is 0 Å². The van der Waals surface area contributed by atoms with Crippen LogP contribution >= 0.6 is 27.5 Å². The fourth-order valence-electron chi connectivity index (χ4n) is 2.73. The van der Waals surface area contributed by atoms with Gasteiger partial charge in [-0.25, -0.2) is 4.79 Å². The number of carbonyl (C=O) groups is 2. The number of alkyl halides is 1. The summed E-state index contributed by atoms with van der Waals surface area (Å²) < 4.78 is 11.2. The van der Waals surface area contributed by atoms with Crippen LogP contribution in [0.5, 0.6) is 0 Å². The van der Waals surface area contributed by atoms with Crippen LogP contribution in [0.15, 0.2) is 28.7 Å². The number of benzene rings is 1. The molecule has 0 saturated carbocycles. The topological polar surface area (TPSA) is 55.8 Å². The number of likely N-dealkylation sites (tertiary alicyclic amines) is 1. The monoisotopic (exact) mass is 417 g/mol. The standard InChI is InChI=1S/C17H21BrClNO4/c1-16(2,3)24-15(22)20-9-17(10-20,8-14(21)23-11-19)12-4-6-13(18)7-5-12/h4-7H,8-11H2,1-3H3. The molecule has 1 amide bonds. The van der Waals surface area contributed by atoms with E-state index in [9.17, 15) is 9.59 Å². The molecule has 1 heterocycles. The quantitative estimate of drug-likeness (QED) is 0.546. The summed E-state index contributed by atoms with van der Waals surface area (Å²) in [6.07, 6.45) is -0.207. The predicted molar refractivity (Wildman–Crippen MR) is 95.1 cm³/mol. The average Bonchev–Trinajstić information content (AvgIpc) is 2.41. The van der Waals surface area contributed by atoms with Gasteiger partial charge in [0.05, 0.1) is 6.42 Å². The van der Waals surface area contributed by atoms with Crippen LogP contribution in [-0.2, 0) is 19.7 Å². The second kappa shape index (κ2) is 7.31. The van der Waals surface area contributed by atoms with E-state index in [-0.39, 0.29) is 24.5 Å². The van der Waals surface area contributed by atoms with Crippen molar-refractivity contribution in [3.8, 4) is 0 Å². The molecule has 0 spiro atoms. The van der Waals surface area contributed by atoms with Crippen molar-refractivity contribution < 1.29 is 19.1 Å². The van der Waals surface area contributed by atoms with Crippen molar-refractivity contribution in [3.63, 3.8) is 0 Å². The molecule has 0 radical (unpaired) electrons. The van der Waals surface area contributed by atoms with E-state index in [1.807, 2.05) is 45.0 Å². The highest BCUT2D eigenvalue weighted by Crippen LogP contribution is 2.39. The molecule has 5 nitrogen and oxygen atoms in total. The molecule has 1 saturated heterocycles. The molecule has 0 N–H and O–H groups in total. The van der Waals surface area contributed by atoms with E-state index in [1.54, 1.807) is 4.90 Å². The molecular formula is C17H21BrClNO4. The summed E-state index contributed by atoms with van der Waals surface area (Å²) in [5.41, 5.74) is -0.0392. The second-order valence-corrected chi connectivity index (χ2v) is 8.06. The summed E-state index contributed by atoms with van der Waals surface area (Å²) in [6.45, 7) is 6.28. The van der Waals surface area contributed by atoms with E-state index < -0.39 is 11.0 Å². The maximum absolute atomic E-state index is 12.2. The Morgan fingerprint density at radius 3 is 2.33 bits per heavy atom. The minimum absolute atomic E-state index is 0.167.